The second kappa shape index (κ2) is 4.71. The van der Waals surface area contributed by atoms with E-state index in [1.54, 1.807) is 0 Å². The first kappa shape index (κ1) is 11.4. The highest BCUT2D eigenvalue weighted by molar-refractivity contribution is 5.59. The van der Waals surface area contributed by atoms with Crippen molar-refractivity contribution in [2.75, 3.05) is 0 Å². The van der Waals surface area contributed by atoms with Crippen molar-refractivity contribution in [2.24, 2.45) is 0 Å². The van der Waals surface area contributed by atoms with Crippen molar-refractivity contribution >= 4 is 0 Å². The lowest BCUT2D eigenvalue weighted by molar-refractivity contribution is 1.15. The normalized spacial score (nSPS) is 9.47. The van der Waals surface area contributed by atoms with Gasteiger partial charge in [0.25, 0.3) is 0 Å². The van der Waals surface area contributed by atoms with Gasteiger partial charge >= 0.3 is 0 Å². The fraction of sp³-hybridized carbons (Fsp3) is 0.154. The lowest BCUT2D eigenvalue weighted by Crippen LogP contribution is -1.89. The third-order valence-electron chi connectivity index (χ3n) is 2.42. The first-order valence-electron chi connectivity index (χ1n) is 4.77. The molecule has 3 N–H and O–H groups in total. The largest absolute Gasteiger partial charge is 0.344 e. The zero-order chi connectivity index (χ0) is 9.97. The monoisotopic (exact) mass is 200 g/mol. The first-order valence-corrected chi connectivity index (χ1v) is 4.77. The molecule has 0 aliphatic rings. The van der Waals surface area contributed by atoms with Crippen molar-refractivity contribution in [1.29, 1.82) is 0 Å². The van der Waals surface area contributed by atoms with Gasteiger partial charge < -0.3 is 6.15 Å². The summed E-state index contributed by atoms with van der Waals surface area (Å²) < 4.78 is 0. The third-order valence-corrected chi connectivity index (χ3v) is 2.42. The molecule has 2 aromatic rings. The summed E-state index contributed by atoms with van der Waals surface area (Å²) in [5.74, 6) is 0. The molecule has 0 atom stereocenters. The second-order valence-corrected chi connectivity index (χ2v) is 3.46. The molecular formula is C13H16N2. The molecule has 2 rings (SSSR count). The van der Waals surface area contributed by atoms with Crippen molar-refractivity contribution in [3.8, 4) is 11.3 Å². The van der Waals surface area contributed by atoms with Crippen LogP contribution in [0.2, 0.25) is 0 Å². The number of pyridine rings is 1. The fourth-order valence-corrected chi connectivity index (χ4v) is 1.40. The Balaban J connectivity index is 0.00000112. The molecule has 0 unspecified atom stereocenters. The Bertz CT molecular complexity index is 436. The van der Waals surface area contributed by atoms with E-state index in [9.17, 15) is 0 Å². The van der Waals surface area contributed by atoms with Gasteiger partial charge in [0, 0.05) is 11.3 Å². The van der Waals surface area contributed by atoms with E-state index in [1.807, 2.05) is 25.1 Å². The Morgan fingerprint density at radius 2 is 1.53 bits per heavy atom. The van der Waals surface area contributed by atoms with Gasteiger partial charge in [-0.3, -0.25) is 4.98 Å². The number of rotatable bonds is 1. The van der Waals surface area contributed by atoms with Gasteiger partial charge in [0.2, 0.25) is 0 Å². The molecule has 1 heterocycles. The maximum atomic E-state index is 4.54. The van der Waals surface area contributed by atoms with Crippen LogP contribution in [0, 0.1) is 13.8 Å². The van der Waals surface area contributed by atoms with Crippen LogP contribution in [0.25, 0.3) is 11.3 Å². The van der Waals surface area contributed by atoms with E-state index in [1.165, 1.54) is 11.1 Å². The quantitative estimate of drug-likeness (QED) is 0.765. The third kappa shape index (κ3) is 2.42. The molecule has 0 saturated heterocycles. The summed E-state index contributed by atoms with van der Waals surface area (Å²) in [7, 11) is 0. The topological polar surface area (TPSA) is 47.9 Å². The first-order chi connectivity index (χ1) is 6.77. The molecule has 0 aliphatic heterocycles. The standard InChI is InChI=1S/C13H13N.H3N/c1-10-8-9-13(14-11(10)2)12-6-4-3-5-7-12;/h3-9H,1-2H3;1H3. The van der Waals surface area contributed by atoms with E-state index >= 15 is 0 Å². The van der Waals surface area contributed by atoms with Gasteiger partial charge in [-0.15, -0.1) is 0 Å². The van der Waals surface area contributed by atoms with Crippen LogP contribution in [0.15, 0.2) is 42.5 Å². The smallest absolute Gasteiger partial charge is 0.0705 e. The van der Waals surface area contributed by atoms with Crippen LogP contribution < -0.4 is 6.15 Å². The maximum Gasteiger partial charge on any atom is 0.0705 e. The van der Waals surface area contributed by atoms with E-state index < -0.39 is 0 Å². The Morgan fingerprint density at radius 3 is 2.13 bits per heavy atom. The summed E-state index contributed by atoms with van der Waals surface area (Å²) in [4.78, 5) is 4.54. The van der Waals surface area contributed by atoms with E-state index in [4.69, 9.17) is 0 Å². The Labute approximate surface area is 90.6 Å². The predicted octanol–water partition coefficient (Wildman–Crippen LogP) is 3.53. The Morgan fingerprint density at radius 1 is 0.867 bits per heavy atom. The van der Waals surface area contributed by atoms with Crippen LogP contribution in [-0.2, 0) is 0 Å². The molecule has 2 nitrogen and oxygen atoms in total. The van der Waals surface area contributed by atoms with Crippen LogP contribution >= 0.6 is 0 Å². The summed E-state index contributed by atoms with van der Waals surface area (Å²) >= 11 is 0. The number of aromatic nitrogens is 1. The van der Waals surface area contributed by atoms with Crippen LogP contribution in [0.4, 0.5) is 0 Å². The molecule has 0 radical (unpaired) electrons. The summed E-state index contributed by atoms with van der Waals surface area (Å²) in [5, 5.41) is 0. The summed E-state index contributed by atoms with van der Waals surface area (Å²) in [6, 6.07) is 14.4. The second-order valence-electron chi connectivity index (χ2n) is 3.46. The van der Waals surface area contributed by atoms with E-state index in [0.29, 0.717) is 0 Å². The molecule has 15 heavy (non-hydrogen) atoms. The molecule has 0 spiro atoms. The number of aryl methyl sites for hydroxylation is 2. The van der Waals surface area contributed by atoms with Gasteiger partial charge in [0.15, 0.2) is 0 Å². The van der Waals surface area contributed by atoms with Crippen molar-refractivity contribution in [1.82, 2.24) is 11.1 Å². The minimum atomic E-state index is 0. The van der Waals surface area contributed by atoms with Crippen molar-refractivity contribution in [2.45, 2.75) is 13.8 Å². The molecule has 78 valence electrons. The Hall–Kier alpha value is -1.67. The zero-order valence-corrected chi connectivity index (χ0v) is 9.20. The minimum absolute atomic E-state index is 0. The summed E-state index contributed by atoms with van der Waals surface area (Å²) in [6.45, 7) is 4.12. The van der Waals surface area contributed by atoms with Gasteiger partial charge in [0.05, 0.1) is 5.69 Å². The summed E-state index contributed by atoms with van der Waals surface area (Å²) in [5.41, 5.74) is 4.57. The number of benzene rings is 1. The molecule has 0 amide bonds. The molecule has 1 aromatic heterocycles. The Kier molecular flexibility index (Phi) is 3.58. The number of hydrogen-bond donors (Lipinski definition) is 1. The zero-order valence-electron chi connectivity index (χ0n) is 9.20. The van der Waals surface area contributed by atoms with E-state index in [0.717, 1.165) is 11.4 Å². The van der Waals surface area contributed by atoms with Gasteiger partial charge in [-0.1, -0.05) is 36.4 Å². The van der Waals surface area contributed by atoms with Crippen LogP contribution in [0.1, 0.15) is 11.3 Å². The average molecular weight is 200 g/mol. The lowest BCUT2D eigenvalue weighted by atomic mass is 10.1. The average Bonchev–Trinajstić information content (AvgIpc) is 2.23. The van der Waals surface area contributed by atoms with Crippen LogP contribution in [-0.4, -0.2) is 4.98 Å². The number of nitrogens with zero attached hydrogens (tertiary/aromatic N) is 1. The van der Waals surface area contributed by atoms with Gasteiger partial charge in [-0.05, 0) is 25.5 Å². The summed E-state index contributed by atoms with van der Waals surface area (Å²) in [6.07, 6.45) is 0. The van der Waals surface area contributed by atoms with Gasteiger partial charge in [0.1, 0.15) is 0 Å². The molecule has 0 aliphatic carbocycles. The maximum absolute atomic E-state index is 4.54. The van der Waals surface area contributed by atoms with Crippen molar-refractivity contribution < 1.29 is 0 Å². The highest BCUT2D eigenvalue weighted by Gasteiger charge is 1.99. The highest BCUT2D eigenvalue weighted by atomic mass is 14.7. The number of hydrogen-bond acceptors (Lipinski definition) is 2. The van der Waals surface area contributed by atoms with E-state index in [-0.39, 0.29) is 6.15 Å². The van der Waals surface area contributed by atoms with Crippen molar-refractivity contribution in [3.05, 3.63) is 53.7 Å². The van der Waals surface area contributed by atoms with Crippen LogP contribution in [0.5, 0.6) is 0 Å². The predicted molar refractivity (Wildman–Crippen MR) is 64.2 cm³/mol. The SMILES string of the molecule is Cc1ccc(-c2ccccc2)nc1C.N. The van der Waals surface area contributed by atoms with E-state index in [2.05, 4.69) is 36.2 Å². The highest BCUT2D eigenvalue weighted by Crippen LogP contribution is 2.17. The van der Waals surface area contributed by atoms with Crippen LogP contribution in [0.3, 0.4) is 0 Å². The molecule has 2 heteroatoms. The minimum Gasteiger partial charge on any atom is -0.344 e. The molecular weight excluding hydrogens is 184 g/mol. The molecule has 1 aromatic carbocycles. The van der Waals surface area contributed by atoms with Gasteiger partial charge in [-0.2, -0.15) is 0 Å². The fourth-order valence-electron chi connectivity index (χ4n) is 1.40. The lowest BCUT2D eigenvalue weighted by Gasteiger charge is -2.03. The van der Waals surface area contributed by atoms with Crippen molar-refractivity contribution in [3.63, 3.8) is 0 Å². The molecule has 0 fully saturated rings. The molecule has 0 saturated carbocycles. The van der Waals surface area contributed by atoms with Gasteiger partial charge in [-0.25, -0.2) is 0 Å². The molecule has 0 bridgehead atoms.